The molecule has 0 radical (unpaired) electrons. The molecule has 17 heavy (non-hydrogen) atoms. The molecule has 3 heteroatoms. The van der Waals surface area contributed by atoms with E-state index in [9.17, 15) is 0 Å². The van der Waals surface area contributed by atoms with Crippen LogP contribution in [0.2, 0.25) is 0 Å². The fourth-order valence-corrected chi connectivity index (χ4v) is 2.92. The molecule has 96 valence electrons. The first-order chi connectivity index (χ1) is 7.65. The predicted octanol–water partition coefficient (Wildman–Crippen LogP) is 2.70. The van der Waals surface area contributed by atoms with E-state index in [-0.39, 0.29) is 11.1 Å². The van der Waals surface area contributed by atoms with Crippen LogP contribution >= 0.6 is 0 Å². The van der Waals surface area contributed by atoms with Gasteiger partial charge in [0.15, 0.2) is 0 Å². The van der Waals surface area contributed by atoms with Crippen LogP contribution in [0.3, 0.4) is 0 Å². The smallest absolute Gasteiger partial charge is 0.117 e. The molecule has 0 saturated carbocycles. The lowest BCUT2D eigenvalue weighted by molar-refractivity contribution is 0.152. The van der Waals surface area contributed by atoms with Gasteiger partial charge in [-0.05, 0) is 60.0 Å². The summed E-state index contributed by atoms with van der Waals surface area (Å²) in [6.07, 6.45) is 2.07. The molecule has 0 bridgehead atoms. The Bertz CT molecular complexity index is 338. The molecule has 0 aromatic rings. The van der Waals surface area contributed by atoms with Crippen LogP contribution in [-0.2, 0) is 0 Å². The van der Waals surface area contributed by atoms with Gasteiger partial charge in [-0.1, -0.05) is 0 Å². The summed E-state index contributed by atoms with van der Waals surface area (Å²) in [5, 5.41) is 16.1. The Morgan fingerprint density at radius 2 is 1.65 bits per heavy atom. The average molecular weight is 235 g/mol. The average Bonchev–Trinajstić information content (AvgIpc) is 2.08. The lowest BCUT2D eigenvalue weighted by Crippen LogP contribution is -2.61. The molecule has 1 fully saturated rings. The quantitative estimate of drug-likeness (QED) is 0.723. The fraction of sp³-hybridized carbons (Fsp3) is 0.786. The van der Waals surface area contributed by atoms with Gasteiger partial charge >= 0.3 is 0 Å². The second-order valence-electron chi connectivity index (χ2n) is 6.63. The van der Waals surface area contributed by atoms with Crippen molar-refractivity contribution in [2.75, 3.05) is 0 Å². The Kier molecular flexibility index (Phi) is 3.88. The summed E-state index contributed by atoms with van der Waals surface area (Å²) in [4.78, 5) is 0. The molecule has 1 saturated heterocycles. The first-order valence-corrected chi connectivity index (χ1v) is 6.29. The number of nitriles is 1. The topological polar surface area (TPSA) is 47.9 Å². The van der Waals surface area contributed by atoms with E-state index in [1.54, 1.807) is 0 Å². The van der Waals surface area contributed by atoms with Crippen molar-refractivity contribution in [2.45, 2.75) is 71.5 Å². The molecule has 1 aliphatic heterocycles. The molecule has 0 atom stereocenters. The molecule has 0 unspecified atom stereocenters. The largest absolute Gasteiger partial charge is 0.374 e. The normalized spacial score (nSPS) is 22.6. The van der Waals surface area contributed by atoms with Crippen LogP contribution in [0.5, 0.6) is 0 Å². The van der Waals surface area contributed by atoms with Gasteiger partial charge in [0.2, 0.25) is 0 Å². The molecule has 0 aliphatic carbocycles. The van der Waals surface area contributed by atoms with Gasteiger partial charge in [0.05, 0.1) is 0 Å². The van der Waals surface area contributed by atoms with E-state index < -0.39 is 0 Å². The Balaban J connectivity index is 2.80. The number of piperidine rings is 1. The number of hydrogen-bond donors (Lipinski definition) is 2. The zero-order valence-corrected chi connectivity index (χ0v) is 11.9. The second kappa shape index (κ2) is 4.70. The van der Waals surface area contributed by atoms with E-state index in [2.05, 4.69) is 44.4 Å². The number of allylic oxidation sites excluding steroid dienone is 2. The summed E-state index contributed by atoms with van der Waals surface area (Å²) in [6.45, 7) is 12.8. The monoisotopic (exact) mass is 235 g/mol. The summed E-state index contributed by atoms with van der Waals surface area (Å²) >= 11 is 0. The fourth-order valence-electron chi connectivity index (χ4n) is 2.92. The Hall–Kier alpha value is -1.01. The standard InChI is InChI=1S/C14H25N3/c1-10(2)12(9-15)16-11-7-13(3,4)17-14(5,6)8-11/h11,16-17H,7-8H2,1-6H3. The Labute approximate surface area is 105 Å². The van der Waals surface area contributed by atoms with E-state index in [0.717, 1.165) is 24.1 Å². The van der Waals surface area contributed by atoms with Gasteiger partial charge < -0.3 is 10.6 Å². The minimum Gasteiger partial charge on any atom is -0.374 e. The summed E-state index contributed by atoms with van der Waals surface area (Å²) in [5.74, 6) is 0. The minimum atomic E-state index is 0.113. The Morgan fingerprint density at radius 3 is 2.00 bits per heavy atom. The SMILES string of the molecule is CC(C)=C(C#N)NC1CC(C)(C)NC(C)(C)C1. The van der Waals surface area contributed by atoms with E-state index in [0.29, 0.717) is 6.04 Å². The van der Waals surface area contributed by atoms with E-state index >= 15 is 0 Å². The molecular weight excluding hydrogens is 210 g/mol. The number of hydrogen-bond acceptors (Lipinski definition) is 3. The van der Waals surface area contributed by atoms with Crippen LogP contribution in [0.4, 0.5) is 0 Å². The lowest BCUT2D eigenvalue weighted by atomic mass is 9.79. The van der Waals surface area contributed by atoms with Crippen LogP contribution in [-0.4, -0.2) is 17.1 Å². The van der Waals surface area contributed by atoms with Crippen molar-refractivity contribution in [1.29, 1.82) is 5.26 Å². The molecule has 1 aliphatic rings. The predicted molar refractivity (Wildman–Crippen MR) is 71.4 cm³/mol. The molecule has 0 spiro atoms. The summed E-state index contributed by atoms with van der Waals surface area (Å²) in [6, 6.07) is 2.62. The Morgan fingerprint density at radius 1 is 1.18 bits per heavy atom. The van der Waals surface area contributed by atoms with E-state index in [1.165, 1.54) is 0 Å². The van der Waals surface area contributed by atoms with Crippen LogP contribution in [0.15, 0.2) is 11.3 Å². The van der Waals surface area contributed by atoms with Gasteiger partial charge in [0, 0.05) is 17.1 Å². The number of rotatable bonds is 2. The van der Waals surface area contributed by atoms with Crippen molar-refractivity contribution < 1.29 is 0 Å². The number of nitrogens with one attached hydrogen (secondary N) is 2. The summed E-state index contributed by atoms with van der Waals surface area (Å²) in [7, 11) is 0. The highest BCUT2D eigenvalue weighted by molar-refractivity contribution is 5.24. The zero-order valence-electron chi connectivity index (χ0n) is 11.9. The second-order valence-corrected chi connectivity index (χ2v) is 6.63. The van der Waals surface area contributed by atoms with Crippen LogP contribution in [0.1, 0.15) is 54.4 Å². The van der Waals surface area contributed by atoms with Gasteiger partial charge in [-0.3, -0.25) is 0 Å². The van der Waals surface area contributed by atoms with E-state index in [1.807, 2.05) is 13.8 Å². The van der Waals surface area contributed by atoms with Crippen molar-refractivity contribution in [2.24, 2.45) is 0 Å². The van der Waals surface area contributed by atoms with Crippen molar-refractivity contribution in [3.05, 3.63) is 11.3 Å². The third kappa shape index (κ3) is 4.05. The van der Waals surface area contributed by atoms with Crippen molar-refractivity contribution in [3.63, 3.8) is 0 Å². The third-order valence-electron chi connectivity index (χ3n) is 3.15. The molecule has 2 N–H and O–H groups in total. The molecule has 0 aromatic heterocycles. The third-order valence-corrected chi connectivity index (χ3v) is 3.15. The van der Waals surface area contributed by atoms with Crippen molar-refractivity contribution >= 4 is 0 Å². The highest BCUT2D eigenvalue weighted by Crippen LogP contribution is 2.29. The van der Waals surface area contributed by atoms with Gasteiger partial charge in [0.1, 0.15) is 11.8 Å². The van der Waals surface area contributed by atoms with Gasteiger partial charge in [-0.15, -0.1) is 0 Å². The maximum Gasteiger partial charge on any atom is 0.117 e. The molecule has 0 aromatic carbocycles. The number of nitrogens with zero attached hydrogens (tertiary/aromatic N) is 1. The zero-order chi connectivity index (χ0) is 13.3. The first-order valence-electron chi connectivity index (χ1n) is 6.29. The van der Waals surface area contributed by atoms with Crippen molar-refractivity contribution in [1.82, 2.24) is 10.6 Å². The molecule has 0 amide bonds. The molecule has 3 nitrogen and oxygen atoms in total. The van der Waals surface area contributed by atoms with Crippen LogP contribution in [0, 0.1) is 11.3 Å². The van der Waals surface area contributed by atoms with Crippen molar-refractivity contribution in [3.8, 4) is 6.07 Å². The van der Waals surface area contributed by atoms with Gasteiger partial charge in [-0.25, -0.2) is 0 Å². The molecule has 1 rings (SSSR count). The van der Waals surface area contributed by atoms with Gasteiger partial charge in [-0.2, -0.15) is 5.26 Å². The van der Waals surface area contributed by atoms with Crippen LogP contribution in [0.25, 0.3) is 0 Å². The first kappa shape index (κ1) is 14.1. The highest BCUT2D eigenvalue weighted by Gasteiger charge is 2.37. The molecule has 1 heterocycles. The molecular formula is C14H25N3. The van der Waals surface area contributed by atoms with Crippen LogP contribution < -0.4 is 10.6 Å². The van der Waals surface area contributed by atoms with E-state index in [4.69, 9.17) is 5.26 Å². The lowest BCUT2D eigenvalue weighted by Gasteiger charge is -2.46. The minimum absolute atomic E-state index is 0.113. The summed E-state index contributed by atoms with van der Waals surface area (Å²) in [5.41, 5.74) is 2.01. The van der Waals surface area contributed by atoms with Gasteiger partial charge in [0.25, 0.3) is 0 Å². The maximum atomic E-state index is 9.10. The summed E-state index contributed by atoms with van der Waals surface area (Å²) < 4.78 is 0. The maximum absolute atomic E-state index is 9.10. The highest BCUT2D eigenvalue weighted by atomic mass is 15.1.